The van der Waals surface area contributed by atoms with Crippen LogP contribution in [0.25, 0.3) is 0 Å². The topological polar surface area (TPSA) is 75.7 Å². The lowest BCUT2D eigenvalue weighted by molar-refractivity contribution is 0.0935. The van der Waals surface area contributed by atoms with E-state index in [1.807, 2.05) is 32.0 Å². The molecule has 2 aromatic carbocycles. The molecule has 1 heterocycles. The summed E-state index contributed by atoms with van der Waals surface area (Å²) in [5.41, 5.74) is 2.21. The van der Waals surface area contributed by atoms with Crippen LogP contribution in [-0.2, 0) is 10.0 Å². The normalized spacial score (nSPS) is 15.7. The molecule has 0 radical (unpaired) electrons. The van der Waals surface area contributed by atoms with Gasteiger partial charge in [-0.05, 0) is 61.6 Å². The molecule has 0 spiro atoms. The van der Waals surface area contributed by atoms with Crippen molar-refractivity contribution >= 4 is 27.5 Å². The van der Waals surface area contributed by atoms with Crippen LogP contribution < -0.4 is 10.1 Å². The van der Waals surface area contributed by atoms with E-state index in [0.717, 1.165) is 29.7 Å². The van der Waals surface area contributed by atoms with Crippen LogP contribution in [0.1, 0.15) is 53.7 Å². The number of methoxy groups -OCH3 is 1. The Morgan fingerprint density at radius 2 is 1.90 bits per heavy atom. The van der Waals surface area contributed by atoms with E-state index in [2.05, 4.69) is 5.32 Å². The van der Waals surface area contributed by atoms with Gasteiger partial charge in [0, 0.05) is 18.7 Å². The predicted octanol–water partition coefficient (Wildman–Crippen LogP) is 4.32. The third-order valence-electron chi connectivity index (χ3n) is 5.41. The zero-order valence-electron chi connectivity index (χ0n) is 17.4. The van der Waals surface area contributed by atoms with E-state index in [4.69, 9.17) is 16.3 Å². The van der Waals surface area contributed by atoms with Crippen LogP contribution in [-0.4, -0.2) is 38.8 Å². The summed E-state index contributed by atoms with van der Waals surface area (Å²) in [6.45, 7) is 4.88. The van der Waals surface area contributed by atoms with Crippen LogP contribution in [0.2, 0.25) is 5.02 Å². The van der Waals surface area contributed by atoms with Crippen molar-refractivity contribution in [2.75, 3.05) is 20.2 Å². The highest BCUT2D eigenvalue weighted by Gasteiger charge is 2.30. The quantitative estimate of drug-likeness (QED) is 0.681. The van der Waals surface area contributed by atoms with Crippen molar-refractivity contribution in [1.82, 2.24) is 9.62 Å². The van der Waals surface area contributed by atoms with Gasteiger partial charge >= 0.3 is 0 Å². The van der Waals surface area contributed by atoms with Gasteiger partial charge in [0.2, 0.25) is 10.0 Å². The van der Waals surface area contributed by atoms with E-state index in [1.165, 1.54) is 16.4 Å². The third-order valence-corrected chi connectivity index (χ3v) is 7.79. The molecule has 1 atom stereocenters. The minimum atomic E-state index is -3.72. The van der Waals surface area contributed by atoms with E-state index in [9.17, 15) is 13.2 Å². The van der Waals surface area contributed by atoms with Gasteiger partial charge in [-0.1, -0.05) is 30.7 Å². The maximum Gasteiger partial charge on any atom is 0.251 e. The number of benzene rings is 2. The Labute approximate surface area is 183 Å². The second-order valence-electron chi connectivity index (χ2n) is 7.42. The molecule has 0 bridgehead atoms. The van der Waals surface area contributed by atoms with Crippen molar-refractivity contribution in [1.29, 1.82) is 0 Å². The number of aryl methyl sites for hydroxylation is 1. The molecule has 30 heavy (non-hydrogen) atoms. The highest BCUT2D eigenvalue weighted by molar-refractivity contribution is 7.89. The SMILES string of the molecule is CC[C@@H](NC(=O)c1ccc(Cl)c(S(=O)(=O)N2CCCC2)c1)c1ccc(OC)c(C)c1. The standard InChI is InChI=1S/C22H27ClN2O4S/c1-4-19(16-8-10-20(29-3)15(2)13-16)24-22(26)17-7-9-18(23)21(14-17)30(27,28)25-11-5-6-12-25/h7-10,13-14,19H,4-6,11-12H2,1-3H3,(H,24,26)/t19-/m1/s1. The summed E-state index contributed by atoms with van der Waals surface area (Å²) < 4.78 is 32.6. The van der Waals surface area contributed by atoms with Gasteiger partial charge in [-0.3, -0.25) is 4.79 Å². The summed E-state index contributed by atoms with van der Waals surface area (Å²) in [4.78, 5) is 12.9. The number of ether oxygens (including phenoxy) is 1. The summed E-state index contributed by atoms with van der Waals surface area (Å²) in [5.74, 6) is 0.444. The smallest absolute Gasteiger partial charge is 0.251 e. The largest absolute Gasteiger partial charge is 0.496 e. The van der Waals surface area contributed by atoms with Gasteiger partial charge < -0.3 is 10.1 Å². The van der Waals surface area contributed by atoms with Gasteiger partial charge in [0.25, 0.3) is 5.91 Å². The number of hydrogen-bond donors (Lipinski definition) is 1. The molecule has 1 saturated heterocycles. The van der Waals surface area contributed by atoms with Crippen LogP contribution in [0.15, 0.2) is 41.3 Å². The lowest BCUT2D eigenvalue weighted by atomic mass is 10.0. The third kappa shape index (κ3) is 4.63. The van der Waals surface area contributed by atoms with Crippen molar-refractivity contribution in [3.8, 4) is 5.75 Å². The van der Waals surface area contributed by atoms with Crippen molar-refractivity contribution < 1.29 is 17.9 Å². The first kappa shape index (κ1) is 22.6. The summed E-state index contributed by atoms with van der Waals surface area (Å²) in [6.07, 6.45) is 2.34. The molecular formula is C22H27ClN2O4S. The monoisotopic (exact) mass is 450 g/mol. The molecule has 0 saturated carbocycles. The lowest BCUT2D eigenvalue weighted by Gasteiger charge is -2.20. The van der Waals surface area contributed by atoms with Gasteiger partial charge in [-0.2, -0.15) is 4.31 Å². The van der Waals surface area contributed by atoms with Crippen molar-refractivity contribution in [2.24, 2.45) is 0 Å². The fraction of sp³-hybridized carbons (Fsp3) is 0.409. The van der Waals surface area contributed by atoms with Gasteiger partial charge in [-0.25, -0.2) is 8.42 Å². The number of nitrogens with zero attached hydrogens (tertiary/aromatic N) is 1. The molecule has 1 fully saturated rings. The fourth-order valence-electron chi connectivity index (χ4n) is 3.69. The summed E-state index contributed by atoms with van der Waals surface area (Å²) in [6, 6.07) is 9.96. The number of nitrogens with one attached hydrogen (secondary N) is 1. The molecule has 6 nitrogen and oxygen atoms in total. The van der Waals surface area contributed by atoms with Gasteiger partial charge in [0.05, 0.1) is 18.2 Å². The van der Waals surface area contributed by atoms with E-state index in [-0.39, 0.29) is 27.4 Å². The Balaban J connectivity index is 1.85. The fourth-order valence-corrected chi connectivity index (χ4v) is 5.71. The molecule has 8 heteroatoms. The summed E-state index contributed by atoms with van der Waals surface area (Å²) >= 11 is 6.19. The highest BCUT2D eigenvalue weighted by Crippen LogP contribution is 2.29. The van der Waals surface area contributed by atoms with Crippen molar-refractivity contribution in [3.05, 3.63) is 58.1 Å². The number of amides is 1. The maximum absolute atomic E-state index is 12.9. The van der Waals surface area contributed by atoms with Crippen LogP contribution in [0.3, 0.4) is 0 Å². The molecule has 2 aromatic rings. The van der Waals surface area contributed by atoms with Gasteiger partial charge in [0.15, 0.2) is 0 Å². The van der Waals surface area contributed by atoms with Crippen LogP contribution in [0.5, 0.6) is 5.75 Å². The number of halogens is 1. The molecule has 1 amide bonds. The summed E-state index contributed by atoms with van der Waals surface area (Å²) in [5, 5.41) is 3.12. The highest BCUT2D eigenvalue weighted by atomic mass is 35.5. The van der Waals surface area contributed by atoms with Gasteiger partial charge in [0.1, 0.15) is 10.6 Å². The molecule has 3 rings (SSSR count). The first-order chi connectivity index (χ1) is 14.3. The first-order valence-corrected chi connectivity index (χ1v) is 11.8. The Morgan fingerprint density at radius 3 is 2.50 bits per heavy atom. The molecule has 1 aliphatic rings. The molecule has 0 aromatic heterocycles. The Morgan fingerprint density at radius 1 is 1.20 bits per heavy atom. The Kier molecular flexibility index (Phi) is 7.06. The first-order valence-electron chi connectivity index (χ1n) is 10.0. The molecule has 1 N–H and O–H groups in total. The number of carbonyl (C=O) groups excluding carboxylic acids is 1. The minimum absolute atomic E-state index is 0.0212. The van der Waals surface area contributed by atoms with E-state index in [1.54, 1.807) is 13.2 Å². The number of rotatable bonds is 7. The Hall–Kier alpha value is -2.09. The molecule has 1 aliphatic heterocycles. The maximum atomic E-state index is 12.9. The molecule has 162 valence electrons. The summed E-state index contributed by atoms with van der Waals surface area (Å²) in [7, 11) is -2.10. The zero-order chi connectivity index (χ0) is 21.9. The molecule has 0 unspecified atom stereocenters. The average Bonchev–Trinajstić information content (AvgIpc) is 3.28. The Bertz CT molecular complexity index is 1030. The van der Waals surface area contributed by atoms with E-state index in [0.29, 0.717) is 19.5 Å². The van der Waals surface area contributed by atoms with Gasteiger partial charge in [-0.15, -0.1) is 0 Å². The lowest BCUT2D eigenvalue weighted by Crippen LogP contribution is -2.30. The number of sulfonamides is 1. The predicted molar refractivity (Wildman–Crippen MR) is 118 cm³/mol. The minimum Gasteiger partial charge on any atom is -0.496 e. The second-order valence-corrected chi connectivity index (χ2v) is 9.73. The number of carbonyl (C=O) groups is 1. The number of hydrogen-bond acceptors (Lipinski definition) is 4. The van der Waals surface area contributed by atoms with Crippen molar-refractivity contribution in [2.45, 2.75) is 44.0 Å². The van der Waals surface area contributed by atoms with Crippen molar-refractivity contribution in [3.63, 3.8) is 0 Å². The average molecular weight is 451 g/mol. The van der Waals surface area contributed by atoms with Crippen LogP contribution in [0, 0.1) is 6.92 Å². The van der Waals surface area contributed by atoms with Crippen LogP contribution >= 0.6 is 11.6 Å². The zero-order valence-corrected chi connectivity index (χ0v) is 19.0. The van der Waals surface area contributed by atoms with Crippen LogP contribution in [0.4, 0.5) is 0 Å². The molecular weight excluding hydrogens is 424 g/mol. The molecule has 0 aliphatic carbocycles. The van der Waals surface area contributed by atoms with E-state index < -0.39 is 10.0 Å². The van der Waals surface area contributed by atoms with E-state index >= 15 is 0 Å². The second kappa shape index (κ2) is 9.37.